The summed E-state index contributed by atoms with van der Waals surface area (Å²) in [5.74, 6) is 0. The lowest BCUT2D eigenvalue weighted by molar-refractivity contribution is 0.308. The molecule has 0 aromatic rings. The lowest BCUT2D eigenvalue weighted by Crippen LogP contribution is -2.42. The summed E-state index contributed by atoms with van der Waals surface area (Å²) in [4.78, 5) is 2.30. The fraction of sp³-hybridized carbons (Fsp3) is 0.455. The average Bonchev–Trinajstić information content (AvgIpc) is 2.19. The molecule has 13 heavy (non-hydrogen) atoms. The molecule has 1 N–H and O–H groups in total. The molecular weight excluding hydrogens is 160 g/mol. The predicted octanol–water partition coefficient (Wildman–Crippen LogP) is 1.54. The molecule has 1 saturated heterocycles. The van der Waals surface area contributed by atoms with Crippen LogP contribution in [0.4, 0.5) is 0 Å². The average molecular weight is 178 g/mol. The largest absolute Gasteiger partial charge is 0.369 e. The van der Waals surface area contributed by atoms with E-state index < -0.39 is 0 Å². The molecule has 0 spiro atoms. The van der Waals surface area contributed by atoms with Crippen molar-refractivity contribution >= 4 is 0 Å². The van der Waals surface area contributed by atoms with Gasteiger partial charge in [-0.05, 0) is 13.0 Å². The Morgan fingerprint density at radius 3 is 2.62 bits per heavy atom. The van der Waals surface area contributed by atoms with Crippen molar-refractivity contribution in [1.82, 2.24) is 10.2 Å². The number of nitrogens with one attached hydrogen (secondary N) is 1. The van der Waals surface area contributed by atoms with Crippen molar-refractivity contribution in [2.75, 3.05) is 26.2 Å². The number of piperazine rings is 1. The van der Waals surface area contributed by atoms with Gasteiger partial charge in [0.15, 0.2) is 0 Å². The molecule has 1 fully saturated rings. The molecule has 0 aromatic carbocycles. The highest BCUT2D eigenvalue weighted by molar-refractivity contribution is 5.18. The van der Waals surface area contributed by atoms with Crippen LogP contribution in [-0.4, -0.2) is 31.1 Å². The zero-order valence-corrected chi connectivity index (χ0v) is 8.29. The van der Waals surface area contributed by atoms with E-state index >= 15 is 0 Å². The van der Waals surface area contributed by atoms with Crippen LogP contribution in [0.5, 0.6) is 0 Å². The molecule has 1 heterocycles. The van der Waals surface area contributed by atoms with Gasteiger partial charge in [-0.3, -0.25) is 0 Å². The van der Waals surface area contributed by atoms with Crippen LogP contribution < -0.4 is 5.32 Å². The van der Waals surface area contributed by atoms with Crippen molar-refractivity contribution in [3.05, 3.63) is 36.6 Å². The van der Waals surface area contributed by atoms with Gasteiger partial charge in [0, 0.05) is 31.9 Å². The van der Waals surface area contributed by atoms with Crippen molar-refractivity contribution in [3.63, 3.8) is 0 Å². The Hall–Kier alpha value is -1.02. The zero-order valence-electron chi connectivity index (χ0n) is 8.29. The zero-order chi connectivity index (χ0) is 9.52. The van der Waals surface area contributed by atoms with E-state index in [0.29, 0.717) is 0 Å². The maximum Gasteiger partial charge on any atom is 0.0303 e. The molecule has 0 unspecified atom stereocenters. The monoisotopic (exact) mass is 178 g/mol. The Balaban J connectivity index is 2.37. The first kappa shape index (κ1) is 10.1. The van der Waals surface area contributed by atoms with Gasteiger partial charge in [-0.2, -0.15) is 0 Å². The van der Waals surface area contributed by atoms with Gasteiger partial charge in [-0.15, -0.1) is 0 Å². The normalized spacial score (nSPS) is 18.7. The number of nitrogens with zero attached hydrogens (tertiary/aromatic N) is 1. The SMILES string of the molecule is C=C(C=CC=CC)N1CCNCC1. The van der Waals surface area contributed by atoms with Crippen molar-refractivity contribution in [2.24, 2.45) is 0 Å². The lowest BCUT2D eigenvalue weighted by atomic mass is 10.3. The third-order valence-electron chi connectivity index (χ3n) is 2.12. The molecule has 1 aliphatic heterocycles. The van der Waals surface area contributed by atoms with E-state index in [9.17, 15) is 0 Å². The van der Waals surface area contributed by atoms with Crippen molar-refractivity contribution < 1.29 is 0 Å². The van der Waals surface area contributed by atoms with E-state index in [1.807, 2.05) is 25.2 Å². The Morgan fingerprint density at radius 2 is 2.00 bits per heavy atom. The van der Waals surface area contributed by atoms with Gasteiger partial charge < -0.3 is 10.2 Å². The van der Waals surface area contributed by atoms with Crippen LogP contribution in [-0.2, 0) is 0 Å². The minimum absolute atomic E-state index is 1.07. The molecule has 0 radical (unpaired) electrons. The second kappa shape index (κ2) is 5.60. The molecule has 0 atom stereocenters. The fourth-order valence-electron chi connectivity index (χ4n) is 1.34. The Bertz CT molecular complexity index is 210. The summed E-state index contributed by atoms with van der Waals surface area (Å²) in [7, 11) is 0. The first-order chi connectivity index (χ1) is 6.34. The molecule has 72 valence electrons. The molecule has 0 aromatic heterocycles. The molecule has 2 heteroatoms. The highest BCUT2D eigenvalue weighted by atomic mass is 15.2. The van der Waals surface area contributed by atoms with Crippen molar-refractivity contribution in [1.29, 1.82) is 0 Å². The highest BCUT2D eigenvalue weighted by Gasteiger charge is 2.08. The van der Waals surface area contributed by atoms with E-state index in [4.69, 9.17) is 0 Å². The quantitative estimate of drug-likeness (QED) is 0.659. The Kier molecular flexibility index (Phi) is 4.33. The smallest absolute Gasteiger partial charge is 0.0303 e. The molecule has 0 bridgehead atoms. The van der Waals surface area contributed by atoms with Crippen LogP contribution in [0.3, 0.4) is 0 Å². The molecule has 1 aliphatic rings. The van der Waals surface area contributed by atoms with Crippen LogP contribution in [0, 0.1) is 0 Å². The van der Waals surface area contributed by atoms with E-state index in [1.54, 1.807) is 0 Å². The Morgan fingerprint density at radius 1 is 1.31 bits per heavy atom. The second-order valence-corrected chi connectivity index (χ2v) is 3.11. The van der Waals surface area contributed by atoms with Gasteiger partial charge in [0.2, 0.25) is 0 Å². The summed E-state index contributed by atoms with van der Waals surface area (Å²) in [5, 5.41) is 3.32. The summed E-state index contributed by atoms with van der Waals surface area (Å²) < 4.78 is 0. The third kappa shape index (κ3) is 3.47. The fourth-order valence-corrected chi connectivity index (χ4v) is 1.34. The van der Waals surface area contributed by atoms with E-state index in [0.717, 1.165) is 31.9 Å². The van der Waals surface area contributed by atoms with Gasteiger partial charge in [-0.25, -0.2) is 0 Å². The van der Waals surface area contributed by atoms with Crippen LogP contribution in [0.15, 0.2) is 36.6 Å². The maximum absolute atomic E-state index is 4.03. The third-order valence-corrected chi connectivity index (χ3v) is 2.12. The predicted molar refractivity (Wildman–Crippen MR) is 57.5 cm³/mol. The van der Waals surface area contributed by atoms with Gasteiger partial charge >= 0.3 is 0 Å². The minimum atomic E-state index is 1.07. The highest BCUT2D eigenvalue weighted by Crippen LogP contribution is 2.04. The van der Waals surface area contributed by atoms with Crippen molar-refractivity contribution in [2.45, 2.75) is 6.92 Å². The van der Waals surface area contributed by atoms with Gasteiger partial charge in [0.25, 0.3) is 0 Å². The topological polar surface area (TPSA) is 15.3 Å². The van der Waals surface area contributed by atoms with Crippen LogP contribution >= 0.6 is 0 Å². The standard InChI is InChI=1S/C11H18N2/c1-3-4-5-6-11(2)13-9-7-12-8-10-13/h3-6,12H,2,7-10H2,1H3. The second-order valence-electron chi connectivity index (χ2n) is 3.11. The van der Waals surface area contributed by atoms with E-state index in [-0.39, 0.29) is 0 Å². The van der Waals surface area contributed by atoms with Gasteiger partial charge in [0.1, 0.15) is 0 Å². The molecule has 0 aliphatic carbocycles. The number of rotatable bonds is 3. The molecule has 0 saturated carbocycles. The summed E-state index contributed by atoms with van der Waals surface area (Å²) in [6, 6.07) is 0. The molecule has 2 nitrogen and oxygen atoms in total. The van der Waals surface area contributed by atoms with Crippen LogP contribution in [0.25, 0.3) is 0 Å². The molecule has 1 rings (SSSR count). The van der Waals surface area contributed by atoms with Crippen molar-refractivity contribution in [3.8, 4) is 0 Å². The summed E-state index contributed by atoms with van der Waals surface area (Å²) in [6.45, 7) is 10.3. The first-order valence-corrected chi connectivity index (χ1v) is 4.78. The lowest BCUT2D eigenvalue weighted by Gasteiger charge is -2.29. The molecular formula is C11H18N2. The van der Waals surface area contributed by atoms with Crippen LogP contribution in [0.1, 0.15) is 6.92 Å². The number of allylic oxidation sites excluding steroid dienone is 4. The molecule has 0 amide bonds. The minimum Gasteiger partial charge on any atom is -0.369 e. The van der Waals surface area contributed by atoms with Gasteiger partial charge in [-0.1, -0.05) is 24.8 Å². The maximum atomic E-state index is 4.03. The van der Waals surface area contributed by atoms with E-state index in [2.05, 4.69) is 22.9 Å². The summed E-state index contributed by atoms with van der Waals surface area (Å²) in [6.07, 6.45) is 8.13. The summed E-state index contributed by atoms with van der Waals surface area (Å²) >= 11 is 0. The summed E-state index contributed by atoms with van der Waals surface area (Å²) in [5.41, 5.74) is 1.11. The van der Waals surface area contributed by atoms with E-state index in [1.165, 1.54) is 0 Å². The van der Waals surface area contributed by atoms with Crippen LogP contribution in [0.2, 0.25) is 0 Å². The number of hydrogen-bond acceptors (Lipinski definition) is 2. The van der Waals surface area contributed by atoms with Gasteiger partial charge in [0.05, 0.1) is 0 Å². The number of hydrogen-bond donors (Lipinski definition) is 1. The first-order valence-electron chi connectivity index (χ1n) is 4.78. The Labute approximate surface area is 80.6 Å².